The Kier molecular flexibility index (Phi) is 7.26. The van der Waals surface area contributed by atoms with Gasteiger partial charge >= 0.3 is 0 Å². The maximum atomic E-state index is 13.5. The molecule has 198 valence electrons. The smallest absolute Gasteiger partial charge is 0.276 e. The van der Waals surface area contributed by atoms with Crippen LogP contribution in [0.4, 0.5) is 14.5 Å². The van der Waals surface area contributed by atoms with Crippen LogP contribution in [0, 0.1) is 17.6 Å². The third-order valence-corrected chi connectivity index (χ3v) is 7.43. The van der Waals surface area contributed by atoms with Gasteiger partial charge in [0, 0.05) is 37.0 Å². The van der Waals surface area contributed by atoms with Crippen LogP contribution in [0.5, 0.6) is 11.5 Å². The van der Waals surface area contributed by atoms with Crippen molar-refractivity contribution in [3.8, 4) is 11.5 Å². The number of rotatable bonds is 7. The summed E-state index contributed by atoms with van der Waals surface area (Å²) in [4.78, 5) is 31.8. The lowest BCUT2D eigenvalue weighted by molar-refractivity contribution is -0.117. The number of carbonyl (C=O) groups excluding carboxylic acids is 2. The molecule has 3 aromatic rings. The molecule has 7 nitrogen and oxygen atoms in total. The van der Waals surface area contributed by atoms with Gasteiger partial charge in [-0.1, -0.05) is 18.2 Å². The molecule has 2 aromatic carbocycles. The normalized spacial score (nSPS) is 19.1. The molecule has 1 aliphatic carbocycles. The van der Waals surface area contributed by atoms with E-state index in [0.717, 1.165) is 24.5 Å². The minimum atomic E-state index is -0.893. The lowest BCUT2D eigenvalue weighted by Crippen LogP contribution is -2.38. The van der Waals surface area contributed by atoms with E-state index in [1.54, 1.807) is 11.0 Å². The first kappa shape index (κ1) is 25.6. The van der Waals surface area contributed by atoms with Gasteiger partial charge in [0.05, 0.1) is 14.2 Å². The first-order chi connectivity index (χ1) is 18.4. The number of methoxy groups -OCH3 is 2. The van der Waals surface area contributed by atoms with Crippen molar-refractivity contribution in [2.24, 2.45) is 5.92 Å². The van der Waals surface area contributed by atoms with Gasteiger partial charge in [0.1, 0.15) is 0 Å². The number of nitrogens with zero attached hydrogens (tertiary/aromatic N) is 2. The summed E-state index contributed by atoms with van der Waals surface area (Å²) < 4.78 is 37.4. The molecule has 0 spiro atoms. The quantitative estimate of drug-likeness (QED) is 0.466. The summed E-state index contributed by atoms with van der Waals surface area (Å²) in [5.41, 5.74) is 2.73. The number of hydrogen-bond acceptors (Lipinski definition) is 5. The Labute approximate surface area is 219 Å². The number of hydrogen-bond donors (Lipinski definition) is 1. The summed E-state index contributed by atoms with van der Waals surface area (Å²) in [5, 5.41) is 2.93. The van der Waals surface area contributed by atoms with Crippen molar-refractivity contribution in [3.63, 3.8) is 0 Å². The predicted octanol–water partition coefficient (Wildman–Crippen LogP) is 5.14. The molecular weight excluding hydrogens is 492 g/mol. The number of ether oxygens (including phenoxy) is 2. The summed E-state index contributed by atoms with van der Waals surface area (Å²) in [6.45, 7) is 1.19. The fraction of sp³-hybridized carbons (Fsp3) is 0.345. The number of carbonyl (C=O) groups is 2. The van der Waals surface area contributed by atoms with Crippen molar-refractivity contribution in [1.29, 1.82) is 0 Å². The Hall–Kier alpha value is -4.01. The molecule has 2 unspecified atom stereocenters. The average Bonchev–Trinajstić information content (AvgIpc) is 3.75. The van der Waals surface area contributed by atoms with Gasteiger partial charge in [-0.2, -0.15) is 0 Å². The fourth-order valence-electron chi connectivity index (χ4n) is 5.18. The van der Waals surface area contributed by atoms with E-state index in [1.165, 1.54) is 32.5 Å². The van der Waals surface area contributed by atoms with E-state index in [0.29, 0.717) is 48.2 Å². The summed E-state index contributed by atoms with van der Waals surface area (Å²) in [7, 11) is 3.01. The molecular formula is C29H29F2N3O4. The molecule has 9 heteroatoms. The SMILES string of the molecule is COc1ccnc(C(=O)N2CCC(c3ccc(NC(=O)C4CC4c4ccc(F)c(F)c4)cc3)CC2)c1OC. The summed E-state index contributed by atoms with van der Waals surface area (Å²) in [6, 6.07) is 13.2. The van der Waals surface area contributed by atoms with Gasteiger partial charge in [0.2, 0.25) is 5.91 Å². The number of benzene rings is 2. The summed E-state index contributed by atoms with van der Waals surface area (Å²) >= 11 is 0. The van der Waals surface area contributed by atoms with E-state index in [-0.39, 0.29) is 29.3 Å². The molecule has 0 bridgehead atoms. The average molecular weight is 522 g/mol. The van der Waals surface area contributed by atoms with Crippen molar-refractivity contribution in [2.75, 3.05) is 32.6 Å². The number of likely N-dealkylation sites (tertiary alicyclic amines) is 1. The molecule has 38 heavy (non-hydrogen) atoms. The number of amides is 2. The molecule has 1 saturated heterocycles. The standard InChI is InChI=1S/C29H29F2N3O4/c1-37-25-9-12-32-26(27(25)38-2)29(36)34-13-10-18(11-14-34)17-3-6-20(7-4-17)33-28(35)22-16-21(22)19-5-8-23(30)24(31)15-19/h3-9,12,15,18,21-22H,10-11,13-14,16H2,1-2H3,(H,33,35). The first-order valence-corrected chi connectivity index (χ1v) is 12.6. The van der Waals surface area contributed by atoms with Crippen molar-refractivity contribution < 1.29 is 27.8 Å². The number of anilines is 1. The zero-order chi connectivity index (χ0) is 26.8. The van der Waals surface area contributed by atoms with Crippen LogP contribution in [-0.4, -0.2) is 49.0 Å². The molecule has 1 aliphatic heterocycles. The zero-order valence-corrected chi connectivity index (χ0v) is 21.2. The topological polar surface area (TPSA) is 80.8 Å². The lowest BCUT2D eigenvalue weighted by Gasteiger charge is -2.32. The minimum Gasteiger partial charge on any atom is -0.493 e. The second-order valence-corrected chi connectivity index (χ2v) is 9.70. The van der Waals surface area contributed by atoms with Gasteiger partial charge in [-0.05, 0) is 66.5 Å². The molecule has 1 aromatic heterocycles. The predicted molar refractivity (Wildman–Crippen MR) is 137 cm³/mol. The molecule has 0 radical (unpaired) electrons. The van der Waals surface area contributed by atoms with Gasteiger partial charge < -0.3 is 19.7 Å². The van der Waals surface area contributed by atoms with E-state index in [1.807, 2.05) is 24.3 Å². The Balaban J connectivity index is 1.15. The van der Waals surface area contributed by atoms with Crippen LogP contribution in [0.3, 0.4) is 0 Å². The van der Waals surface area contributed by atoms with Gasteiger partial charge in [-0.3, -0.25) is 9.59 Å². The second kappa shape index (κ2) is 10.8. The maximum absolute atomic E-state index is 13.5. The molecule has 2 aliphatic rings. The van der Waals surface area contributed by atoms with Crippen LogP contribution in [0.15, 0.2) is 54.7 Å². The van der Waals surface area contributed by atoms with Crippen LogP contribution < -0.4 is 14.8 Å². The lowest BCUT2D eigenvalue weighted by atomic mass is 9.89. The van der Waals surface area contributed by atoms with Crippen LogP contribution in [0.25, 0.3) is 0 Å². The van der Waals surface area contributed by atoms with Crippen molar-refractivity contribution in [3.05, 3.63) is 83.2 Å². The second-order valence-electron chi connectivity index (χ2n) is 9.70. The first-order valence-electron chi connectivity index (χ1n) is 12.6. The van der Waals surface area contributed by atoms with Crippen LogP contribution in [-0.2, 0) is 4.79 Å². The van der Waals surface area contributed by atoms with Crippen LogP contribution in [0.1, 0.15) is 52.7 Å². The molecule has 1 N–H and O–H groups in total. The minimum absolute atomic E-state index is 0.0931. The molecule has 2 atom stereocenters. The van der Waals surface area contributed by atoms with E-state index in [9.17, 15) is 18.4 Å². The van der Waals surface area contributed by atoms with E-state index in [4.69, 9.17) is 9.47 Å². The molecule has 5 rings (SSSR count). The fourth-order valence-corrected chi connectivity index (χ4v) is 5.18. The highest BCUT2D eigenvalue weighted by Crippen LogP contribution is 2.48. The molecule has 2 amide bonds. The van der Waals surface area contributed by atoms with Gasteiger partial charge in [-0.15, -0.1) is 0 Å². The number of piperidine rings is 1. The molecule has 2 heterocycles. The third kappa shape index (κ3) is 5.18. The highest BCUT2D eigenvalue weighted by atomic mass is 19.2. The molecule has 1 saturated carbocycles. The number of pyridine rings is 1. The van der Waals surface area contributed by atoms with Gasteiger partial charge in [0.15, 0.2) is 28.8 Å². The highest BCUT2D eigenvalue weighted by Gasteiger charge is 2.44. The van der Waals surface area contributed by atoms with Crippen LogP contribution in [0.2, 0.25) is 0 Å². The molecule has 2 fully saturated rings. The van der Waals surface area contributed by atoms with Crippen molar-refractivity contribution in [1.82, 2.24) is 9.88 Å². The summed E-state index contributed by atoms with van der Waals surface area (Å²) in [5.74, 6) is -1.33. The number of aromatic nitrogens is 1. The number of halogens is 2. The Morgan fingerprint density at radius 3 is 2.32 bits per heavy atom. The van der Waals surface area contributed by atoms with E-state index < -0.39 is 11.6 Å². The van der Waals surface area contributed by atoms with E-state index >= 15 is 0 Å². The third-order valence-electron chi connectivity index (χ3n) is 7.43. The zero-order valence-electron chi connectivity index (χ0n) is 21.2. The monoisotopic (exact) mass is 521 g/mol. The van der Waals surface area contributed by atoms with Crippen LogP contribution >= 0.6 is 0 Å². The van der Waals surface area contributed by atoms with Gasteiger partial charge in [0.25, 0.3) is 5.91 Å². The number of nitrogens with one attached hydrogen (secondary N) is 1. The van der Waals surface area contributed by atoms with Crippen molar-refractivity contribution >= 4 is 17.5 Å². The summed E-state index contributed by atoms with van der Waals surface area (Å²) in [6.07, 6.45) is 3.76. The Bertz CT molecular complexity index is 1340. The Morgan fingerprint density at radius 2 is 1.66 bits per heavy atom. The van der Waals surface area contributed by atoms with E-state index in [2.05, 4.69) is 10.3 Å². The highest BCUT2D eigenvalue weighted by molar-refractivity contribution is 5.96. The van der Waals surface area contributed by atoms with Crippen molar-refractivity contribution in [2.45, 2.75) is 31.1 Å². The van der Waals surface area contributed by atoms with Gasteiger partial charge in [-0.25, -0.2) is 13.8 Å². The maximum Gasteiger partial charge on any atom is 0.276 e. The largest absolute Gasteiger partial charge is 0.493 e. The Morgan fingerprint density at radius 1 is 0.947 bits per heavy atom.